The van der Waals surface area contributed by atoms with Gasteiger partial charge < -0.3 is 10.2 Å². The van der Waals surface area contributed by atoms with Gasteiger partial charge in [0.1, 0.15) is 9.84 Å². The van der Waals surface area contributed by atoms with Crippen molar-refractivity contribution in [1.29, 1.82) is 0 Å². The molecule has 2 aliphatic rings. The number of sulfone groups is 1. The number of rotatable bonds is 5. The zero-order valence-corrected chi connectivity index (χ0v) is 17.0. The molecule has 0 unspecified atom stereocenters. The molecule has 1 N–H and O–H groups in total. The number of halogens is 1. The Morgan fingerprint density at radius 2 is 1.95 bits per heavy atom. The van der Waals surface area contributed by atoms with Gasteiger partial charge in [-0.25, -0.2) is 8.42 Å². The van der Waals surface area contributed by atoms with E-state index in [1.54, 1.807) is 0 Å². The van der Waals surface area contributed by atoms with Crippen LogP contribution in [0, 0.1) is 5.41 Å². The molecule has 0 aromatic carbocycles. The molecule has 0 aromatic rings. The largest absolute Gasteiger partial charge is 0.357 e. The molecule has 2 rings (SSSR count). The second-order valence-corrected chi connectivity index (χ2v) is 8.86. The zero-order chi connectivity index (χ0) is 15.3. The zero-order valence-electron chi connectivity index (χ0n) is 13.8. The van der Waals surface area contributed by atoms with Crippen LogP contribution < -0.4 is 5.32 Å². The van der Waals surface area contributed by atoms with E-state index in [4.69, 9.17) is 0 Å². The fourth-order valence-corrected chi connectivity index (χ4v) is 4.24. The monoisotopic (exact) mass is 443 g/mol. The maximum Gasteiger partial charge on any atom is 0.193 e. The van der Waals surface area contributed by atoms with E-state index in [0.29, 0.717) is 18.4 Å². The molecular formula is C15H30IN3O2S. The first-order valence-electron chi connectivity index (χ1n) is 8.15. The SMILES string of the molecule is CCNC(=NCCCS(C)(=O)=O)N1CCC2(CCCC2)C1.I. The van der Waals surface area contributed by atoms with Crippen molar-refractivity contribution in [2.75, 3.05) is 38.2 Å². The van der Waals surface area contributed by atoms with E-state index in [9.17, 15) is 8.42 Å². The fraction of sp³-hybridized carbons (Fsp3) is 0.933. The van der Waals surface area contributed by atoms with E-state index in [0.717, 1.165) is 25.6 Å². The Hall–Kier alpha value is -0.0500. The molecule has 1 saturated heterocycles. The van der Waals surface area contributed by atoms with Gasteiger partial charge in [0.15, 0.2) is 5.96 Å². The minimum atomic E-state index is -2.87. The third kappa shape index (κ3) is 5.86. The average molecular weight is 443 g/mol. The summed E-state index contributed by atoms with van der Waals surface area (Å²) in [5, 5.41) is 3.36. The first kappa shape index (κ1) is 20.0. The summed E-state index contributed by atoms with van der Waals surface area (Å²) in [6.07, 6.45) is 8.62. The van der Waals surface area contributed by atoms with Crippen LogP contribution in [-0.2, 0) is 9.84 Å². The second-order valence-electron chi connectivity index (χ2n) is 6.60. The average Bonchev–Trinajstić information content (AvgIpc) is 3.03. The summed E-state index contributed by atoms with van der Waals surface area (Å²) in [6, 6.07) is 0. The standard InChI is InChI=1S/C15H29N3O2S.HI/c1-3-16-14(17-10-6-12-21(2,19)20)18-11-9-15(13-18)7-4-5-8-15;/h3-13H2,1-2H3,(H,16,17);1H. The van der Waals surface area contributed by atoms with Crippen molar-refractivity contribution in [2.45, 2.75) is 45.4 Å². The van der Waals surface area contributed by atoms with Gasteiger partial charge in [-0.2, -0.15) is 0 Å². The highest BCUT2D eigenvalue weighted by Gasteiger charge is 2.40. The lowest BCUT2D eigenvalue weighted by Gasteiger charge is -2.25. The summed E-state index contributed by atoms with van der Waals surface area (Å²) in [5.74, 6) is 1.19. The number of hydrogen-bond acceptors (Lipinski definition) is 3. The molecule has 7 heteroatoms. The van der Waals surface area contributed by atoms with Gasteiger partial charge in [0.05, 0.1) is 5.75 Å². The maximum atomic E-state index is 11.2. The highest BCUT2D eigenvalue weighted by atomic mass is 127. The van der Waals surface area contributed by atoms with E-state index in [2.05, 4.69) is 22.1 Å². The Morgan fingerprint density at radius 3 is 2.55 bits per heavy atom. The molecule has 0 radical (unpaired) electrons. The maximum absolute atomic E-state index is 11.2. The minimum Gasteiger partial charge on any atom is -0.357 e. The third-order valence-electron chi connectivity index (χ3n) is 4.67. The van der Waals surface area contributed by atoms with Gasteiger partial charge in [0, 0.05) is 32.4 Å². The molecule has 1 aliphatic heterocycles. The van der Waals surface area contributed by atoms with Gasteiger partial charge in [-0.3, -0.25) is 4.99 Å². The number of hydrogen-bond donors (Lipinski definition) is 1. The fourth-order valence-electron chi connectivity index (χ4n) is 3.59. The first-order chi connectivity index (χ1) is 9.94. The van der Waals surface area contributed by atoms with Crippen LogP contribution in [0.5, 0.6) is 0 Å². The smallest absolute Gasteiger partial charge is 0.193 e. The van der Waals surface area contributed by atoms with Gasteiger partial charge in [0.25, 0.3) is 0 Å². The van der Waals surface area contributed by atoms with Crippen LogP contribution in [0.4, 0.5) is 0 Å². The predicted octanol–water partition coefficient (Wildman–Crippen LogP) is 2.27. The molecule has 1 spiro atoms. The Kier molecular flexibility index (Phi) is 7.91. The van der Waals surface area contributed by atoms with E-state index in [1.165, 1.54) is 38.4 Å². The van der Waals surface area contributed by atoms with Crippen molar-refractivity contribution in [2.24, 2.45) is 10.4 Å². The normalized spacial score (nSPS) is 21.2. The van der Waals surface area contributed by atoms with Crippen molar-refractivity contribution in [3.63, 3.8) is 0 Å². The predicted molar refractivity (Wildman–Crippen MR) is 103 cm³/mol. The lowest BCUT2D eigenvalue weighted by Crippen LogP contribution is -2.41. The van der Waals surface area contributed by atoms with Crippen LogP contribution in [0.15, 0.2) is 4.99 Å². The highest BCUT2D eigenvalue weighted by Crippen LogP contribution is 2.45. The van der Waals surface area contributed by atoms with Crippen molar-refractivity contribution < 1.29 is 8.42 Å². The summed E-state index contributed by atoms with van der Waals surface area (Å²) in [5.41, 5.74) is 0.531. The van der Waals surface area contributed by atoms with E-state index < -0.39 is 9.84 Å². The van der Waals surface area contributed by atoms with Crippen molar-refractivity contribution >= 4 is 39.8 Å². The summed E-state index contributed by atoms with van der Waals surface area (Å²) in [6.45, 7) is 5.71. The van der Waals surface area contributed by atoms with Gasteiger partial charge >= 0.3 is 0 Å². The lowest BCUT2D eigenvalue weighted by atomic mass is 9.86. The highest BCUT2D eigenvalue weighted by molar-refractivity contribution is 14.0. The number of aliphatic imine (C=N–C) groups is 1. The van der Waals surface area contributed by atoms with Crippen LogP contribution in [-0.4, -0.2) is 57.5 Å². The second kappa shape index (κ2) is 8.70. The van der Waals surface area contributed by atoms with Gasteiger partial charge in [-0.1, -0.05) is 12.8 Å². The molecule has 5 nitrogen and oxygen atoms in total. The quantitative estimate of drug-likeness (QED) is 0.307. The summed E-state index contributed by atoms with van der Waals surface area (Å²) in [7, 11) is -2.87. The Balaban J connectivity index is 0.00000242. The number of guanidine groups is 1. The van der Waals surface area contributed by atoms with Crippen molar-refractivity contribution in [1.82, 2.24) is 10.2 Å². The van der Waals surface area contributed by atoms with Gasteiger partial charge in [0.2, 0.25) is 0 Å². The molecular weight excluding hydrogens is 413 g/mol. The summed E-state index contributed by atoms with van der Waals surface area (Å²) in [4.78, 5) is 6.99. The number of nitrogens with one attached hydrogen (secondary N) is 1. The van der Waals surface area contributed by atoms with Crippen LogP contribution in [0.2, 0.25) is 0 Å². The van der Waals surface area contributed by atoms with E-state index >= 15 is 0 Å². The van der Waals surface area contributed by atoms with Gasteiger partial charge in [-0.05, 0) is 38.0 Å². The molecule has 0 bridgehead atoms. The summed E-state index contributed by atoms with van der Waals surface area (Å²) < 4.78 is 22.3. The Labute approximate surface area is 152 Å². The van der Waals surface area contributed by atoms with Crippen LogP contribution in [0.25, 0.3) is 0 Å². The molecule has 0 atom stereocenters. The summed E-state index contributed by atoms with van der Waals surface area (Å²) >= 11 is 0. The molecule has 1 heterocycles. The molecule has 1 aliphatic carbocycles. The molecule has 130 valence electrons. The van der Waals surface area contributed by atoms with E-state index in [-0.39, 0.29) is 29.7 Å². The van der Waals surface area contributed by atoms with E-state index in [1.807, 2.05) is 0 Å². The lowest BCUT2D eigenvalue weighted by molar-refractivity contribution is 0.309. The third-order valence-corrected chi connectivity index (χ3v) is 5.70. The van der Waals surface area contributed by atoms with Gasteiger partial charge in [-0.15, -0.1) is 24.0 Å². The van der Waals surface area contributed by atoms with Crippen LogP contribution in [0.1, 0.15) is 45.4 Å². The Morgan fingerprint density at radius 1 is 1.27 bits per heavy atom. The molecule has 1 saturated carbocycles. The minimum absolute atomic E-state index is 0. The first-order valence-corrected chi connectivity index (χ1v) is 10.2. The van der Waals surface area contributed by atoms with Crippen molar-refractivity contribution in [3.05, 3.63) is 0 Å². The topological polar surface area (TPSA) is 61.8 Å². The Bertz CT molecular complexity index is 473. The molecule has 0 amide bonds. The number of likely N-dealkylation sites (tertiary alicyclic amines) is 1. The number of nitrogens with zero attached hydrogens (tertiary/aromatic N) is 2. The van der Waals surface area contributed by atoms with Crippen molar-refractivity contribution in [3.8, 4) is 0 Å². The van der Waals surface area contributed by atoms with Crippen LogP contribution >= 0.6 is 24.0 Å². The molecule has 0 aromatic heterocycles. The van der Waals surface area contributed by atoms with Crippen LogP contribution in [0.3, 0.4) is 0 Å². The molecule has 2 fully saturated rings. The molecule has 22 heavy (non-hydrogen) atoms.